The number of benzene rings is 4. The van der Waals surface area contributed by atoms with E-state index in [1.807, 2.05) is 11.0 Å². The molecule has 4 fully saturated rings. The minimum absolute atomic E-state index is 0. The number of halogens is 18. The number of hydrogen-bond acceptors (Lipinski definition) is 11. The molecule has 0 unspecified atom stereocenters. The molecule has 4 spiro atoms. The van der Waals surface area contributed by atoms with E-state index in [1.54, 1.807) is 94.6 Å². The van der Waals surface area contributed by atoms with E-state index in [0.717, 1.165) is 11.8 Å². The number of ether oxygens (including phenoxy) is 3. The molecule has 8 aliphatic rings. The Morgan fingerprint density at radius 1 is 0.458 bits per heavy atom. The van der Waals surface area contributed by atoms with Crippen molar-refractivity contribution in [2.24, 2.45) is 0 Å². The van der Waals surface area contributed by atoms with E-state index in [0.29, 0.717) is 73.1 Å². The quantitative estimate of drug-likeness (QED) is 0.0443. The van der Waals surface area contributed by atoms with Gasteiger partial charge < -0.3 is 31.9 Å². The van der Waals surface area contributed by atoms with Crippen LogP contribution in [0.15, 0.2) is 84.9 Å². The number of nitrogens with zero attached hydrogens (tertiary/aromatic N) is 12. The van der Waals surface area contributed by atoms with Crippen molar-refractivity contribution in [3.05, 3.63) is 173 Å². The molecular formula is C80H88Cl4F12I2KN13O6. The van der Waals surface area contributed by atoms with Crippen LogP contribution in [0.3, 0.4) is 0 Å². The Hall–Kier alpha value is -5.60. The topological polar surface area (TPSA) is 176 Å². The molecular weight excluding hydrogens is 1900 g/mol. The number of hydrogen-bond donors (Lipinski definition) is 1. The molecule has 8 aromatic rings. The molecule has 16 rings (SSSR count). The van der Waals surface area contributed by atoms with Gasteiger partial charge in [-0.25, -0.2) is 71.9 Å². The normalized spacial score (nSPS) is 18.8. The summed E-state index contributed by atoms with van der Waals surface area (Å²) in [6.07, 6.45) is -4.79. The first-order valence-electron chi connectivity index (χ1n) is 35.7. The first-order valence-corrected chi connectivity index (χ1v) is 40.5. The summed E-state index contributed by atoms with van der Waals surface area (Å²) in [6, 6.07) is 20.3. The van der Waals surface area contributed by atoms with Gasteiger partial charge in [-0.3, -0.25) is 28.5 Å². The van der Waals surface area contributed by atoms with Gasteiger partial charge in [-0.1, -0.05) is 89.9 Å². The monoisotopic (exact) mass is 1990 g/mol. The number of aromatic nitrogens is 8. The van der Waals surface area contributed by atoms with Crippen LogP contribution in [0.4, 0.5) is 72.8 Å². The van der Waals surface area contributed by atoms with Crippen molar-refractivity contribution >= 4 is 116 Å². The molecule has 1 N–H and O–H groups in total. The minimum Gasteiger partial charge on any atom is -0.444 e. The number of carbonyl (C=O) groups is 3. The molecule has 4 aromatic carbocycles. The van der Waals surface area contributed by atoms with Crippen LogP contribution >= 0.6 is 91.6 Å². The molecule has 4 aliphatic carbocycles. The van der Waals surface area contributed by atoms with Crippen molar-refractivity contribution in [1.29, 1.82) is 0 Å². The van der Waals surface area contributed by atoms with Gasteiger partial charge in [0.25, 0.3) is 23.7 Å². The van der Waals surface area contributed by atoms with E-state index in [2.05, 4.69) is 75.7 Å². The molecule has 4 aliphatic heterocycles. The van der Waals surface area contributed by atoms with E-state index in [4.69, 9.17) is 67.2 Å². The summed E-state index contributed by atoms with van der Waals surface area (Å²) in [5, 5.41) is 21.1. The van der Waals surface area contributed by atoms with Gasteiger partial charge in [0.05, 0.1) is 132 Å². The Balaban J connectivity index is 0.000000194. The zero-order chi connectivity index (χ0) is 83.6. The van der Waals surface area contributed by atoms with Crippen LogP contribution in [0.25, 0.3) is 49.9 Å². The van der Waals surface area contributed by atoms with Crippen molar-refractivity contribution in [2.75, 3.05) is 31.1 Å². The van der Waals surface area contributed by atoms with Gasteiger partial charge in [-0.2, -0.15) is 20.4 Å². The average molecular weight is 1990 g/mol. The van der Waals surface area contributed by atoms with Gasteiger partial charge >= 0.3 is 69.7 Å². The second-order valence-electron chi connectivity index (χ2n) is 32.9. The minimum atomic E-state index is -2.89. The zero-order valence-corrected chi connectivity index (χ0v) is 75.5. The molecule has 0 bridgehead atoms. The van der Waals surface area contributed by atoms with Crippen molar-refractivity contribution < 1.29 is 133 Å². The Bertz CT molecular complexity index is 5130. The summed E-state index contributed by atoms with van der Waals surface area (Å²) in [5.74, 6) is -13.4. The van der Waals surface area contributed by atoms with Crippen molar-refractivity contribution in [2.45, 2.75) is 217 Å². The van der Waals surface area contributed by atoms with Gasteiger partial charge in [0, 0.05) is 81.1 Å². The van der Waals surface area contributed by atoms with E-state index in [9.17, 15) is 67.1 Å². The van der Waals surface area contributed by atoms with Crippen LogP contribution in [-0.4, -0.2) is 144 Å². The van der Waals surface area contributed by atoms with Crippen molar-refractivity contribution in [1.82, 2.24) is 59.1 Å². The number of nitrogens with one attached hydrogen (secondary N) is 1. The first kappa shape index (κ1) is 97.8. The molecule has 38 heteroatoms. The Kier molecular flexibility index (Phi) is 29.5. The number of fused-ring (bicyclic) bond motifs is 8. The summed E-state index contributed by atoms with van der Waals surface area (Å²) in [6.45, 7) is 24.9. The van der Waals surface area contributed by atoms with Crippen molar-refractivity contribution in [3.63, 3.8) is 0 Å². The molecule has 118 heavy (non-hydrogen) atoms. The van der Waals surface area contributed by atoms with Gasteiger partial charge in [-0.15, -0.1) is 0 Å². The molecule has 19 nitrogen and oxygen atoms in total. The van der Waals surface area contributed by atoms with Crippen LogP contribution in [0.1, 0.15) is 151 Å². The third-order valence-corrected chi connectivity index (χ3v) is 22.4. The van der Waals surface area contributed by atoms with Crippen LogP contribution in [0.5, 0.6) is 0 Å². The summed E-state index contributed by atoms with van der Waals surface area (Å²) in [7, 11) is 0. The van der Waals surface area contributed by atoms with Gasteiger partial charge in [0.1, 0.15) is 45.8 Å². The van der Waals surface area contributed by atoms with E-state index < -0.39 is 143 Å². The average Bonchev–Trinajstić information content (AvgIpc) is 1.49. The second kappa shape index (κ2) is 35.6. The first-order chi connectivity index (χ1) is 52.9. The third-order valence-electron chi connectivity index (χ3n) is 20.1. The SMILES string of the molecule is C.C.CC(C)(C)OC(=O)N1Cc2c(I)c(-c3ccc(F)c(Cl)c3)nn2C2(C1)CC(F)(F)C2.CC(C)(C)OC(=O)N1Cc2cc(-c3ccc(F)c(Cl)c3)nn2C2(C1)CC(F)(F)C2.CI.Fc1ccc(-c2cc3n(n2)C2(CNC3)CC(F)(F)C2)cc1Cl.[C-]#[N+]c1c(-c2ccc(F)c(Cl)c2)nn2c1CN(C(=O)OC(C)(C)C)CC21CC(F)(F)C1.[CH3-].[K+]. The zero-order valence-electron chi connectivity index (χ0n) is 65.0. The maximum absolute atomic E-state index is 14.0. The third kappa shape index (κ3) is 20.6. The standard InChI is InChI=1S/C21H20ClF3N4O2.C20H20ClF3IN3O2.C20H21ClF3N3O2.C15H13ClF3N3.CH3I.2CH4.CH3.K/c1-19(2,3)31-18(30)28-8-15-17(26-4)16(12-5-6-14(23)13(22)7-12)27-29(15)20(11-28)9-21(24,25)10-20;1-18(2,3)30-17(29)27-7-14-15(25)16(11-4-5-13(22)12(21)6-11)26-28(14)19(10-27)8-20(23,24)9-19;1-18(2,3)29-17(28)26-8-13-7-16(12-4-5-15(22)14(21)6-12)25-27(13)19(11-26)9-20(23,24)10-19;16-11-3-9(1-2-12(11)17)13-4-10-5-20-8-14(22(10)21-13)6-15(18,19)7-14;1-2;;;;/h5-7H,8-11H2,1-3H3;4-6H,7-10H2,1-3H3;4-7H,8-11H2,1-3H3;1-4,20H,5-8H2;1H3;2*1H4;1H3;/q;;;;;;;-1;+1. The second-order valence-corrected chi connectivity index (χ2v) is 35.6. The predicted octanol–water partition coefficient (Wildman–Crippen LogP) is 20.2. The largest absolute Gasteiger partial charge is 1.00 e. The smallest absolute Gasteiger partial charge is 0.444 e. The van der Waals surface area contributed by atoms with Crippen LogP contribution in [-0.2, 0) is 62.5 Å². The van der Waals surface area contributed by atoms with Crippen LogP contribution < -0.4 is 56.7 Å². The fourth-order valence-electron chi connectivity index (χ4n) is 15.8. The summed E-state index contributed by atoms with van der Waals surface area (Å²) < 4.78 is 188. The number of amides is 3. The molecule has 4 aromatic heterocycles. The summed E-state index contributed by atoms with van der Waals surface area (Å²) in [4.78, 5) is 47.8. The Morgan fingerprint density at radius 3 is 1.13 bits per heavy atom. The predicted molar refractivity (Wildman–Crippen MR) is 440 cm³/mol. The van der Waals surface area contributed by atoms with Gasteiger partial charge in [-0.05, 0) is 174 Å². The van der Waals surface area contributed by atoms with Crippen LogP contribution in [0.2, 0.25) is 20.1 Å². The summed E-state index contributed by atoms with van der Waals surface area (Å²) in [5.41, 5.74) is 0.715. The van der Waals surface area contributed by atoms with E-state index >= 15 is 0 Å². The maximum atomic E-state index is 14.0. The van der Waals surface area contributed by atoms with E-state index in [1.165, 1.54) is 74.0 Å². The van der Waals surface area contributed by atoms with E-state index in [-0.39, 0.29) is 157 Å². The molecule has 3 amide bonds. The van der Waals surface area contributed by atoms with Crippen LogP contribution in [0, 0.1) is 40.8 Å². The number of alkyl halides is 9. The molecule has 8 heterocycles. The molecule has 4 saturated carbocycles. The molecule has 0 atom stereocenters. The Morgan fingerprint density at radius 2 is 0.763 bits per heavy atom. The maximum Gasteiger partial charge on any atom is 1.00 e. The number of rotatable bonds is 4. The van der Waals surface area contributed by atoms with Crippen molar-refractivity contribution in [3.8, 4) is 45.0 Å². The summed E-state index contributed by atoms with van der Waals surface area (Å²) >= 11 is 27.7. The fourth-order valence-corrected chi connectivity index (χ4v) is 17.3. The number of carbonyl (C=O) groups excluding carboxylic acids is 3. The Labute approximate surface area is 766 Å². The molecule has 0 saturated heterocycles. The molecule has 0 radical (unpaired) electrons. The fraction of sp³-hybridized carbons (Fsp3) is 0.487. The van der Waals surface area contributed by atoms with Gasteiger partial charge in [0.2, 0.25) is 5.69 Å². The molecule has 636 valence electrons. The van der Waals surface area contributed by atoms with Gasteiger partial charge in [0.15, 0.2) is 0 Å².